The largest absolute Gasteiger partial charge is 0.370 e. The number of hydrogen-bond acceptors (Lipinski definition) is 4. The van der Waals surface area contributed by atoms with E-state index < -0.39 is 0 Å². The minimum atomic E-state index is 0.887. The average Bonchev–Trinajstić information content (AvgIpc) is 2.27. The Hall–Kier alpha value is -0.770. The molecular weight excluding hydrogens is 218 g/mol. The molecule has 0 aliphatic heterocycles. The van der Waals surface area contributed by atoms with Gasteiger partial charge in [-0.3, -0.25) is 0 Å². The number of hydrogen-bond donors (Lipinski definition) is 1. The first-order valence-corrected chi connectivity index (χ1v) is 7.29. The van der Waals surface area contributed by atoms with Crippen molar-refractivity contribution in [1.82, 2.24) is 9.97 Å². The van der Waals surface area contributed by atoms with Crippen LogP contribution in [0.25, 0.3) is 0 Å². The molecule has 1 aromatic rings. The van der Waals surface area contributed by atoms with Crippen LogP contribution in [0.2, 0.25) is 0 Å². The second-order valence-electron chi connectivity index (χ2n) is 3.77. The smallest absolute Gasteiger partial charge is 0.140 e. The van der Waals surface area contributed by atoms with E-state index >= 15 is 0 Å². The van der Waals surface area contributed by atoms with E-state index in [1.807, 2.05) is 0 Å². The summed E-state index contributed by atoms with van der Waals surface area (Å²) in [6.45, 7) is 5.31. The molecule has 0 aliphatic carbocycles. The lowest BCUT2D eigenvalue weighted by Gasteiger charge is -2.08. The van der Waals surface area contributed by atoms with Crippen LogP contribution in [0.4, 0.5) is 5.82 Å². The zero-order valence-corrected chi connectivity index (χ0v) is 11.2. The third kappa shape index (κ3) is 4.39. The quantitative estimate of drug-likeness (QED) is 0.793. The average molecular weight is 239 g/mol. The summed E-state index contributed by atoms with van der Waals surface area (Å²) in [6.07, 6.45) is 5.35. The van der Waals surface area contributed by atoms with Crippen LogP contribution in [0.5, 0.6) is 0 Å². The molecule has 0 aromatic carbocycles. The van der Waals surface area contributed by atoms with Gasteiger partial charge in [-0.2, -0.15) is 11.8 Å². The van der Waals surface area contributed by atoms with Crippen molar-refractivity contribution in [2.75, 3.05) is 18.1 Å². The molecule has 0 amide bonds. The normalized spacial score (nSPS) is 10.4. The number of aromatic nitrogens is 2. The lowest BCUT2D eigenvalue weighted by atomic mass is 10.2. The maximum absolute atomic E-state index is 4.55. The Labute approximate surface area is 102 Å². The van der Waals surface area contributed by atoms with Gasteiger partial charge in [-0.1, -0.05) is 20.3 Å². The first-order valence-electron chi connectivity index (χ1n) is 5.89. The first kappa shape index (κ1) is 13.3. The summed E-state index contributed by atoms with van der Waals surface area (Å²) >= 11 is 1.76. The monoisotopic (exact) mass is 239 g/mol. The Kier molecular flexibility index (Phi) is 6.23. The number of aryl methyl sites for hydroxylation is 1. The molecule has 0 aliphatic rings. The van der Waals surface area contributed by atoms with Crippen LogP contribution in [0.15, 0.2) is 6.07 Å². The summed E-state index contributed by atoms with van der Waals surface area (Å²) < 4.78 is 0. The molecule has 0 saturated carbocycles. The van der Waals surface area contributed by atoms with Crippen molar-refractivity contribution >= 4 is 17.6 Å². The van der Waals surface area contributed by atoms with Gasteiger partial charge in [0.2, 0.25) is 0 Å². The van der Waals surface area contributed by atoms with Crippen LogP contribution in [0.1, 0.15) is 38.2 Å². The Morgan fingerprint density at radius 3 is 2.69 bits per heavy atom. The van der Waals surface area contributed by atoms with Crippen LogP contribution in [-0.4, -0.2) is 22.8 Å². The summed E-state index contributed by atoms with van der Waals surface area (Å²) in [7, 11) is 0. The van der Waals surface area contributed by atoms with Crippen LogP contribution >= 0.6 is 11.8 Å². The summed E-state index contributed by atoms with van der Waals surface area (Å²) in [5, 5.41) is 3.33. The van der Waals surface area contributed by atoms with E-state index in [0.29, 0.717) is 0 Å². The van der Waals surface area contributed by atoms with Gasteiger partial charge in [0.1, 0.15) is 11.6 Å². The minimum Gasteiger partial charge on any atom is -0.370 e. The molecule has 0 unspecified atom stereocenters. The number of nitrogens with one attached hydrogen (secondary N) is 1. The fourth-order valence-corrected chi connectivity index (χ4v) is 1.86. The molecular formula is C12H21N3S. The van der Waals surface area contributed by atoms with E-state index in [1.54, 1.807) is 11.8 Å². The minimum absolute atomic E-state index is 0.887. The van der Waals surface area contributed by atoms with Gasteiger partial charge < -0.3 is 5.32 Å². The van der Waals surface area contributed by atoms with Gasteiger partial charge >= 0.3 is 0 Å². The zero-order chi connectivity index (χ0) is 11.8. The second-order valence-corrected chi connectivity index (χ2v) is 4.64. The molecule has 0 spiro atoms. The highest BCUT2D eigenvalue weighted by Crippen LogP contribution is 2.12. The second kappa shape index (κ2) is 7.49. The summed E-state index contributed by atoms with van der Waals surface area (Å²) in [5.41, 5.74) is 1.15. The van der Waals surface area contributed by atoms with Crippen molar-refractivity contribution in [3.8, 4) is 0 Å². The summed E-state index contributed by atoms with van der Waals surface area (Å²) in [5.74, 6) is 2.81. The van der Waals surface area contributed by atoms with Gasteiger partial charge in [0.05, 0.1) is 5.75 Å². The lowest BCUT2D eigenvalue weighted by molar-refractivity contribution is 0.850. The molecule has 1 heterocycles. The molecule has 1 N–H and O–H groups in total. The molecule has 16 heavy (non-hydrogen) atoms. The molecule has 0 atom stereocenters. The Morgan fingerprint density at radius 2 is 2.06 bits per heavy atom. The van der Waals surface area contributed by atoms with E-state index in [2.05, 4.69) is 41.5 Å². The fourth-order valence-electron chi connectivity index (χ4n) is 1.47. The van der Waals surface area contributed by atoms with Crippen molar-refractivity contribution in [2.24, 2.45) is 0 Å². The number of thioether (sulfide) groups is 1. The van der Waals surface area contributed by atoms with Crippen molar-refractivity contribution in [2.45, 2.75) is 38.9 Å². The van der Waals surface area contributed by atoms with E-state index in [1.165, 1.54) is 0 Å². The molecule has 90 valence electrons. The highest BCUT2D eigenvalue weighted by atomic mass is 32.2. The highest BCUT2D eigenvalue weighted by molar-refractivity contribution is 7.97. The van der Waals surface area contributed by atoms with E-state index in [4.69, 9.17) is 0 Å². The van der Waals surface area contributed by atoms with E-state index in [-0.39, 0.29) is 0 Å². The summed E-state index contributed by atoms with van der Waals surface area (Å²) in [6, 6.07) is 2.07. The molecule has 3 nitrogen and oxygen atoms in total. The molecule has 0 fully saturated rings. The number of nitrogens with zero attached hydrogens (tertiary/aromatic N) is 2. The van der Waals surface area contributed by atoms with Crippen LogP contribution in [-0.2, 0) is 12.2 Å². The van der Waals surface area contributed by atoms with Gasteiger partial charge in [-0.15, -0.1) is 0 Å². The molecule has 1 rings (SSSR count). The van der Waals surface area contributed by atoms with Crippen molar-refractivity contribution < 1.29 is 0 Å². The Bertz CT molecular complexity index is 291. The van der Waals surface area contributed by atoms with Gasteiger partial charge in [-0.05, 0) is 19.1 Å². The molecule has 1 aromatic heterocycles. The van der Waals surface area contributed by atoms with Gasteiger partial charge in [0.15, 0.2) is 0 Å². The number of rotatable bonds is 7. The van der Waals surface area contributed by atoms with Crippen LogP contribution < -0.4 is 5.32 Å². The standard InChI is InChI=1S/C12H21N3S/c1-4-6-10-8-11(13-7-5-2)15-12(14-10)9-16-3/h8H,4-7,9H2,1-3H3,(H,13,14,15). The predicted octanol–water partition coefficient (Wildman–Crippen LogP) is 3.11. The van der Waals surface area contributed by atoms with Gasteiger partial charge in [0.25, 0.3) is 0 Å². The van der Waals surface area contributed by atoms with Crippen LogP contribution in [0.3, 0.4) is 0 Å². The summed E-state index contributed by atoms with van der Waals surface area (Å²) in [4.78, 5) is 9.05. The molecule has 4 heteroatoms. The highest BCUT2D eigenvalue weighted by Gasteiger charge is 2.03. The lowest BCUT2D eigenvalue weighted by Crippen LogP contribution is -2.06. The third-order valence-corrected chi connectivity index (χ3v) is 2.71. The van der Waals surface area contributed by atoms with Gasteiger partial charge in [-0.25, -0.2) is 9.97 Å². The fraction of sp³-hybridized carbons (Fsp3) is 0.667. The van der Waals surface area contributed by atoms with Gasteiger partial charge in [0, 0.05) is 18.3 Å². The topological polar surface area (TPSA) is 37.8 Å². The molecule has 0 bridgehead atoms. The zero-order valence-electron chi connectivity index (χ0n) is 10.4. The van der Waals surface area contributed by atoms with Crippen molar-refractivity contribution in [1.29, 1.82) is 0 Å². The van der Waals surface area contributed by atoms with E-state index in [9.17, 15) is 0 Å². The molecule has 0 radical (unpaired) electrons. The van der Waals surface area contributed by atoms with Crippen molar-refractivity contribution in [3.63, 3.8) is 0 Å². The molecule has 0 saturated heterocycles. The Balaban J connectivity index is 2.80. The predicted molar refractivity (Wildman–Crippen MR) is 72.0 cm³/mol. The van der Waals surface area contributed by atoms with Crippen LogP contribution in [0, 0.1) is 0 Å². The third-order valence-electron chi connectivity index (χ3n) is 2.16. The maximum Gasteiger partial charge on any atom is 0.140 e. The SMILES string of the molecule is CCCNc1cc(CCC)nc(CSC)n1. The first-order chi connectivity index (χ1) is 7.80. The van der Waals surface area contributed by atoms with E-state index in [0.717, 1.165) is 48.9 Å². The number of anilines is 1. The van der Waals surface area contributed by atoms with Crippen molar-refractivity contribution in [3.05, 3.63) is 17.6 Å². The maximum atomic E-state index is 4.55. The Morgan fingerprint density at radius 1 is 1.25 bits per heavy atom.